The highest BCUT2D eigenvalue weighted by molar-refractivity contribution is 4.95. The SMILES string of the molecule is CC#CCCN1CC[C@H](O)C1. The van der Waals surface area contributed by atoms with Crippen LogP contribution in [0.25, 0.3) is 0 Å². The van der Waals surface area contributed by atoms with Gasteiger partial charge in [-0.15, -0.1) is 11.8 Å². The van der Waals surface area contributed by atoms with Crippen LogP contribution in [0.2, 0.25) is 0 Å². The monoisotopic (exact) mass is 153 g/mol. The predicted octanol–water partition coefficient (Wildman–Crippen LogP) is 0.466. The first kappa shape index (κ1) is 8.58. The highest BCUT2D eigenvalue weighted by Crippen LogP contribution is 2.07. The van der Waals surface area contributed by atoms with Crippen LogP contribution in [0, 0.1) is 11.8 Å². The largest absolute Gasteiger partial charge is 0.392 e. The van der Waals surface area contributed by atoms with Crippen molar-refractivity contribution >= 4 is 0 Å². The summed E-state index contributed by atoms with van der Waals surface area (Å²) < 4.78 is 0. The molecule has 1 fully saturated rings. The van der Waals surface area contributed by atoms with Gasteiger partial charge in [-0.25, -0.2) is 0 Å². The van der Waals surface area contributed by atoms with E-state index in [4.69, 9.17) is 0 Å². The van der Waals surface area contributed by atoms with Gasteiger partial charge in [0.2, 0.25) is 0 Å². The highest BCUT2D eigenvalue weighted by Gasteiger charge is 2.18. The molecule has 0 spiro atoms. The molecule has 1 atom stereocenters. The Bertz CT molecular complexity index is 168. The second-order valence-electron chi connectivity index (χ2n) is 2.92. The van der Waals surface area contributed by atoms with Crippen LogP contribution in [0.1, 0.15) is 19.8 Å². The van der Waals surface area contributed by atoms with Crippen LogP contribution in [0.5, 0.6) is 0 Å². The molecule has 0 saturated carbocycles. The quantitative estimate of drug-likeness (QED) is 0.583. The Hall–Kier alpha value is -0.520. The van der Waals surface area contributed by atoms with E-state index in [0.717, 1.165) is 32.5 Å². The van der Waals surface area contributed by atoms with E-state index in [0.29, 0.717) is 0 Å². The van der Waals surface area contributed by atoms with Crippen molar-refractivity contribution < 1.29 is 5.11 Å². The van der Waals surface area contributed by atoms with Gasteiger partial charge in [-0.05, 0) is 13.3 Å². The Kier molecular flexibility index (Phi) is 3.41. The average Bonchev–Trinajstić information content (AvgIpc) is 2.37. The van der Waals surface area contributed by atoms with Crippen molar-refractivity contribution in [3.8, 4) is 11.8 Å². The van der Waals surface area contributed by atoms with Crippen molar-refractivity contribution in [2.45, 2.75) is 25.9 Å². The molecule has 2 nitrogen and oxygen atoms in total. The first-order chi connectivity index (χ1) is 5.33. The third-order valence-corrected chi connectivity index (χ3v) is 1.98. The Labute approximate surface area is 68.2 Å². The summed E-state index contributed by atoms with van der Waals surface area (Å²) in [6, 6.07) is 0. The third-order valence-electron chi connectivity index (χ3n) is 1.98. The lowest BCUT2D eigenvalue weighted by Crippen LogP contribution is -2.22. The van der Waals surface area contributed by atoms with Gasteiger partial charge in [0, 0.05) is 26.1 Å². The minimum atomic E-state index is -0.0930. The zero-order valence-electron chi connectivity index (χ0n) is 7.01. The number of aliphatic hydroxyl groups excluding tert-OH is 1. The van der Waals surface area contributed by atoms with Crippen molar-refractivity contribution in [1.29, 1.82) is 0 Å². The Morgan fingerprint density at radius 3 is 3.00 bits per heavy atom. The summed E-state index contributed by atoms with van der Waals surface area (Å²) in [5, 5.41) is 9.18. The number of hydrogen-bond acceptors (Lipinski definition) is 2. The zero-order valence-corrected chi connectivity index (χ0v) is 7.01. The minimum Gasteiger partial charge on any atom is -0.392 e. The Balaban J connectivity index is 2.11. The van der Waals surface area contributed by atoms with E-state index in [1.54, 1.807) is 0 Å². The predicted molar refractivity (Wildman–Crippen MR) is 45.1 cm³/mol. The van der Waals surface area contributed by atoms with Gasteiger partial charge >= 0.3 is 0 Å². The number of nitrogens with zero attached hydrogens (tertiary/aromatic N) is 1. The molecule has 1 heterocycles. The molecule has 1 N–H and O–H groups in total. The molecule has 0 aromatic rings. The van der Waals surface area contributed by atoms with Gasteiger partial charge in [0.1, 0.15) is 0 Å². The van der Waals surface area contributed by atoms with Crippen LogP contribution in [-0.4, -0.2) is 35.7 Å². The lowest BCUT2D eigenvalue weighted by Gasteiger charge is -2.11. The maximum absolute atomic E-state index is 9.18. The summed E-state index contributed by atoms with van der Waals surface area (Å²) >= 11 is 0. The molecule has 0 aromatic carbocycles. The summed E-state index contributed by atoms with van der Waals surface area (Å²) in [5.41, 5.74) is 0. The fourth-order valence-electron chi connectivity index (χ4n) is 1.35. The summed E-state index contributed by atoms with van der Waals surface area (Å²) in [5.74, 6) is 5.88. The van der Waals surface area contributed by atoms with Crippen molar-refractivity contribution in [3.63, 3.8) is 0 Å². The van der Waals surface area contributed by atoms with Gasteiger partial charge in [-0.1, -0.05) is 0 Å². The maximum atomic E-state index is 9.18. The molecule has 0 radical (unpaired) electrons. The molecule has 1 saturated heterocycles. The highest BCUT2D eigenvalue weighted by atomic mass is 16.3. The van der Waals surface area contributed by atoms with E-state index in [9.17, 15) is 5.11 Å². The van der Waals surface area contributed by atoms with E-state index in [1.165, 1.54) is 0 Å². The standard InChI is InChI=1S/C9H15NO/c1-2-3-4-6-10-7-5-9(11)8-10/h9,11H,4-8H2,1H3/t9-/m0/s1. The lowest BCUT2D eigenvalue weighted by molar-refractivity contribution is 0.177. The fraction of sp³-hybridized carbons (Fsp3) is 0.778. The fourth-order valence-corrected chi connectivity index (χ4v) is 1.35. The van der Waals surface area contributed by atoms with Crippen LogP contribution in [0.15, 0.2) is 0 Å². The number of hydrogen-bond donors (Lipinski definition) is 1. The average molecular weight is 153 g/mol. The van der Waals surface area contributed by atoms with Gasteiger partial charge in [0.25, 0.3) is 0 Å². The molecule has 0 unspecified atom stereocenters. The zero-order chi connectivity index (χ0) is 8.10. The summed E-state index contributed by atoms with van der Waals surface area (Å²) in [6.07, 6.45) is 1.77. The van der Waals surface area contributed by atoms with Crippen molar-refractivity contribution in [1.82, 2.24) is 4.90 Å². The molecular formula is C9H15NO. The molecular weight excluding hydrogens is 138 g/mol. The minimum absolute atomic E-state index is 0.0930. The molecule has 1 rings (SSSR count). The smallest absolute Gasteiger partial charge is 0.0679 e. The van der Waals surface area contributed by atoms with E-state index < -0.39 is 0 Å². The molecule has 0 aromatic heterocycles. The van der Waals surface area contributed by atoms with Crippen molar-refractivity contribution in [2.75, 3.05) is 19.6 Å². The van der Waals surface area contributed by atoms with E-state index in [1.807, 2.05) is 6.92 Å². The van der Waals surface area contributed by atoms with E-state index >= 15 is 0 Å². The molecule has 0 aliphatic carbocycles. The summed E-state index contributed by atoms with van der Waals surface area (Å²) in [4.78, 5) is 2.26. The van der Waals surface area contributed by atoms with Gasteiger partial charge in [0.05, 0.1) is 6.10 Å². The Morgan fingerprint density at radius 2 is 2.45 bits per heavy atom. The van der Waals surface area contributed by atoms with Crippen molar-refractivity contribution in [2.24, 2.45) is 0 Å². The number of likely N-dealkylation sites (tertiary alicyclic amines) is 1. The molecule has 1 aliphatic heterocycles. The van der Waals surface area contributed by atoms with Crippen LogP contribution < -0.4 is 0 Å². The van der Waals surface area contributed by atoms with Crippen LogP contribution in [0.3, 0.4) is 0 Å². The second-order valence-corrected chi connectivity index (χ2v) is 2.92. The van der Waals surface area contributed by atoms with Gasteiger partial charge in [-0.2, -0.15) is 0 Å². The number of aliphatic hydroxyl groups is 1. The maximum Gasteiger partial charge on any atom is 0.0679 e. The third kappa shape index (κ3) is 2.92. The topological polar surface area (TPSA) is 23.5 Å². The van der Waals surface area contributed by atoms with Gasteiger partial charge in [0.15, 0.2) is 0 Å². The van der Waals surface area contributed by atoms with Crippen LogP contribution in [0.4, 0.5) is 0 Å². The number of β-amino-alcohol motifs (C(OH)–C–C–N with tert-alkyl or cyclic N) is 1. The summed E-state index contributed by atoms with van der Waals surface area (Å²) in [7, 11) is 0. The summed E-state index contributed by atoms with van der Waals surface area (Å²) in [6.45, 7) is 4.74. The van der Waals surface area contributed by atoms with Gasteiger partial charge < -0.3 is 5.11 Å². The first-order valence-electron chi connectivity index (χ1n) is 4.13. The molecule has 62 valence electrons. The van der Waals surface area contributed by atoms with Crippen LogP contribution in [-0.2, 0) is 0 Å². The van der Waals surface area contributed by atoms with E-state index in [2.05, 4.69) is 16.7 Å². The Morgan fingerprint density at radius 1 is 1.64 bits per heavy atom. The van der Waals surface area contributed by atoms with Crippen molar-refractivity contribution in [3.05, 3.63) is 0 Å². The lowest BCUT2D eigenvalue weighted by atomic mass is 10.3. The molecule has 0 bridgehead atoms. The molecule has 1 aliphatic rings. The number of rotatable bonds is 2. The molecule has 2 heteroatoms. The molecule has 11 heavy (non-hydrogen) atoms. The van der Waals surface area contributed by atoms with Gasteiger partial charge in [-0.3, -0.25) is 4.90 Å². The van der Waals surface area contributed by atoms with E-state index in [-0.39, 0.29) is 6.10 Å². The van der Waals surface area contributed by atoms with Crippen LogP contribution >= 0.6 is 0 Å². The second kappa shape index (κ2) is 4.38. The first-order valence-corrected chi connectivity index (χ1v) is 4.13. The molecule has 0 amide bonds. The normalized spacial score (nSPS) is 24.7.